The highest BCUT2D eigenvalue weighted by molar-refractivity contribution is 7.16. The number of ether oxygens (including phenoxy) is 1. The number of nitrogens with zero attached hydrogens (tertiary/aromatic N) is 4. The molecule has 4 heterocycles. The van der Waals surface area contributed by atoms with Gasteiger partial charge in [-0.2, -0.15) is 0 Å². The van der Waals surface area contributed by atoms with Gasteiger partial charge in [0.05, 0.1) is 53.1 Å². The molecular weight excluding hydrogens is 459 g/mol. The molecule has 1 aliphatic rings. The standard InChI is InChI=1S/C23H19FN6O3S/c24-16-2-1-5-26-19(16)9-30(8-13-3-4-20-17(6-13)28-12-34-20)23(32)22(31)29-18-7-27-21(25)15-11-33-10-14(15)18/h1-7,12H,8-11H2,(H2,25,27)(H,29,31). The van der Waals surface area contributed by atoms with Crippen molar-refractivity contribution in [1.82, 2.24) is 19.9 Å². The summed E-state index contributed by atoms with van der Waals surface area (Å²) in [5, 5.41) is 2.61. The number of nitrogen functional groups attached to an aromatic ring is 1. The molecular formula is C23H19FN6O3S. The minimum Gasteiger partial charge on any atom is -0.383 e. The molecule has 11 heteroatoms. The Kier molecular flexibility index (Phi) is 5.86. The predicted molar refractivity (Wildman–Crippen MR) is 124 cm³/mol. The van der Waals surface area contributed by atoms with Gasteiger partial charge < -0.3 is 20.7 Å². The van der Waals surface area contributed by atoms with Crippen LogP contribution in [0.5, 0.6) is 0 Å². The summed E-state index contributed by atoms with van der Waals surface area (Å²) in [6.07, 6.45) is 2.83. The molecule has 0 aliphatic carbocycles. The highest BCUT2D eigenvalue weighted by atomic mass is 32.1. The van der Waals surface area contributed by atoms with Gasteiger partial charge in [-0.3, -0.25) is 14.6 Å². The topological polar surface area (TPSA) is 123 Å². The Morgan fingerprint density at radius 3 is 2.85 bits per heavy atom. The van der Waals surface area contributed by atoms with Crippen molar-refractivity contribution in [1.29, 1.82) is 0 Å². The summed E-state index contributed by atoms with van der Waals surface area (Å²) in [6, 6.07) is 8.31. The molecule has 0 fully saturated rings. The number of carbonyl (C=O) groups excluding carboxylic acids is 2. The molecule has 0 saturated carbocycles. The van der Waals surface area contributed by atoms with Gasteiger partial charge in [-0.25, -0.2) is 14.4 Å². The number of hydrogen-bond donors (Lipinski definition) is 2. The fourth-order valence-corrected chi connectivity index (χ4v) is 4.41. The summed E-state index contributed by atoms with van der Waals surface area (Å²) in [5.41, 5.74) is 10.9. The first-order valence-electron chi connectivity index (χ1n) is 10.4. The fraction of sp³-hybridized carbons (Fsp3) is 0.174. The number of amides is 2. The first-order chi connectivity index (χ1) is 16.5. The molecule has 34 heavy (non-hydrogen) atoms. The molecule has 1 aromatic carbocycles. The molecule has 9 nitrogen and oxygen atoms in total. The number of anilines is 2. The van der Waals surface area contributed by atoms with E-state index < -0.39 is 17.6 Å². The van der Waals surface area contributed by atoms with Gasteiger partial charge in [-0.05, 0) is 29.8 Å². The van der Waals surface area contributed by atoms with Crippen molar-refractivity contribution in [2.24, 2.45) is 0 Å². The summed E-state index contributed by atoms with van der Waals surface area (Å²) >= 11 is 1.50. The third-order valence-electron chi connectivity index (χ3n) is 5.50. The molecule has 0 bridgehead atoms. The molecule has 0 atom stereocenters. The van der Waals surface area contributed by atoms with Gasteiger partial charge in [0, 0.05) is 23.9 Å². The van der Waals surface area contributed by atoms with Crippen LogP contribution in [0.25, 0.3) is 10.2 Å². The van der Waals surface area contributed by atoms with Crippen LogP contribution in [-0.2, 0) is 40.6 Å². The Bertz CT molecular complexity index is 1410. The lowest BCUT2D eigenvalue weighted by atomic mass is 10.1. The molecule has 1 aliphatic heterocycles. The van der Waals surface area contributed by atoms with Gasteiger partial charge in [0.2, 0.25) is 0 Å². The first-order valence-corrected chi connectivity index (χ1v) is 11.2. The number of thiazole rings is 1. The minimum atomic E-state index is -0.883. The molecule has 3 aromatic heterocycles. The molecule has 3 N–H and O–H groups in total. The number of halogens is 1. The maximum atomic E-state index is 14.3. The van der Waals surface area contributed by atoms with E-state index in [-0.39, 0.29) is 32.0 Å². The van der Waals surface area contributed by atoms with Crippen molar-refractivity contribution < 1.29 is 18.7 Å². The van der Waals surface area contributed by atoms with Gasteiger partial charge in [-0.1, -0.05) is 6.07 Å². The Hall–Kier alpha value is -3.96. The average molecular weight is 479 g/mol. The van der Waals surface area contributed by atoms with E-state index in [9.17, 15) is 14.0 Å². The van der Waals surface area contributed by atoms with Crippen LogP contribution in [0.2, 0.25) is 0 Å². The van der Waals surface area contributed by atoms with Crippen LogP contribution >= 0.6 is 11.3 Å². The third kappa shape index (κ3) is 4.30. The minimum absolute atomic E-state index is 0.0572. The van der Waals surface area contributed by atoms with Crippen LogP contribution in [-0.4, -0.2) is 31.7 Å². The van der Waals surface area contributed by atoms with Crippen molar-refractivity contribution >= 4 is 44.9 Å². The molecule has 0 radical (unpaired) electrons. The number of aromatic nitrogens is 3. The highest BCUT2D eigenvalue weighted by Crippen LogP contribution is 2.30. The number of nitrogens with two attached hydrogens (primary N) is 1. The Morgan fingerprint density at radius 2 is 2.00 bits per heavy atom. The van der Waals surface area contributed by atoms with Crippen LogP contribution in [0.3, 0.4) is 0 Å². The number of rotatable bonds is 5. The van der Waals surface area contributed by atoms with E-state index in [2.05, 4.69) is 20.3 Å². The number of hydrogen-bond acceptors (Lipinski definition) is 8. The van der Waals surface area contributed by atoms with Gasteiger partial charge in [0.15, 0.2) is 0 Å². The van der Waals surface area contributed by atoms with Crippen molar-refractivity contribution in [3.63, 3.8) is 0 Å². The smallest absolute Gasteiger partial charge is 0.313 e. The van der Waals surface area contributed by atoms with Crippen LogP contribution in [0.1, 0.15) is 22.4 Å². The van der Waals surface area contributed by atoms with E-state index in [1.165, 1.54) is 40.8 Å². The van der Waals surface area contributed by atoms with Crippen molar-refractivity contribution in [2.75, 3.05) is 11.1 Å². The number of nitrogens with one attached hydrogen (secondary N) is 1. The van der Waals surface area contributed by atoms with Crippen molar-refractivity contribution in [2.45, 2.75) is 26.3 Å². The fourth-order valence-electron chi connectivity index (χ4n) is 3.75. The van der Waals surface area contributed by atoms with E-state index in [0.717, 1.165) is 15.8 Å². The van der Waals surface area contributed by atoms with E-state index in [1.54, 1.807) is 5.51 Å². The second-order valence-electron chi connectivity index (χ2n) is 7.71. The van der Waals surface area contributed by atoms with Crippen LogP contribution in [0, 0.1) is 5.82 Å². The number of pyridine rings is 2. The van der Waals surface area contributed by atoms with E-state index in [0.29, 0.717) is 22.6 Å². The largest absolute Gasteiger partial charge is 0.383 e. The zero-order valence-corrected chi connectivity index (χ0v) is 18.6. The summed E-state index contributed by atoms with van der Waals surface area (Å²) in [5.74, 6) is -1.96. The highest BCUT2D eigenvalue weighted by Gasteiger charge is 2.27. The van der Waals surface area contributed by atoms with E-state index in [4.69, 9.17) is 10.5 Å². The third-order valence-corrected chi connectivity index (χ3v) is 6.31. The Labute approximate surface area is 197 Å². The van der Waals surface area contributed by atoms with Crippen LogP contribution < -0.4 is 11.1 Å². The zero-order valence-electron chi connectivity index (χ0n) is 17.8. The van der Waals surface area contributed by atoms with Gasteiger partial charge in [0.25, 0.3) is 0 Å². The summed E-state index contributed by atoms with van der Waals surface area (Å²) in [7, 11) is 0. The molecule has 2 amide bonds. The first kappa shape index (κ1) is 21.9. The second kappa shape index (κ2) is 9.12. The van der Waals surface area contributed by atoms with Crippen molar-refractivity contribution in [3.05, 3.63) is 76.4 Å². The molecule has 0 spiro atoms. The zero-order chi connectivity index (χ0) is 23.7. The molecule has 4 aromatic rings. The van der Waals surface area contributed by atoms with Gasteiger partial charge in [0.1, 0.15) is 11.6 Å². The van der Waals surface area contributed by atoms with Gasteiger partial charge in [-0.15, -0.1) is 11.3 Å². The number of benzene rings is 1. The van der Waals surface area contributed by atoms with Gasteiger partial charge >= 0.3 is 11.8 Å². The molecule has 0 unspecified atom stereocenters. The maximum Gasteiger partial charge on any atom is 0.313 e. The summed E-state index contributed by atoms with van der Waals surface area (Å²) < 4.78 is 20.7. The van der Waals surface area contributed by atoms with E-state index in [1.807, 2.05) is 18.2 Å². The SMILES string of the molecule is Nc1ncc(NC(=O)C(=O)N(Cc2ccc3scnc3c2)Cc2ncccc2F)c2c1COC2. The van der Waals surface area contributed by atoms with Crippen LogP contribution in [0.4, 0.5) is 15.9 Å². The molecule has 172 valence electrons. The lowest BCUT2D eigenvalue weighted by Gasteiger charge is -2.22. The Balaban J connectivity index is 1.41. The normalized spacial score (nSPS) is 12.5. The quantitative estimate of drug-likeness (QED) is 0.423. The second-order valence-corrected chi connectivity index (χ2v) is 8.60. The molecule has 0 saturated heterocycles. The number of fused-ring (bicyclic) bond motifs is 2. The lowest BCUT2D eigenvalue weighted by molar-refractivity contribution is -0.144. The monoisotopic (exact) mass is 478 g/mol. The van der Waals surface area contributed by atoms with Crippen LogP contribution in [0.15, 0.2) is 48.2 Å². The predicted octanol–water partition coefficient (Wildman–Crippen LogP) is 3.01. The average Bonchev–Trinajstić information content (AvgIpc) is 3.51. The van der Waals surface area contributed by atoms with Crippen molar-refractivity contribution in [3.8, 4) is 0 Å². The van der Waals surface area contributed by atoms with E-state index >= 15 is 0 Å². The summed E-state index contributed by atoms with van der Waals surface area (Å²) in [6.45, 7) is 0.421. The Morgan fingerprint density at radius 1 is 1.15 bits per heavy atom. The number of carbonyl (C=O) groups is 2. The molecule has 5 rings (SSSR count). The lowest BCUT2D eigenvalue weighted by Crippen LogP contribution is -2.39. The maximum absolute atomic E-state index is 14.3. The summed E-state index contributed by atoms with van der Waals surface area (Å²) in [4.78, 5) is 39.8.